The van der Waals surface area contributed by atoms with Gasteiger partial charge in [-0.25, -0.2) is 9.97 Å². The minimum absolute atomic E-state index is 0.338. The Balaban J connectivity index is 1.87. The number of anilines is 2. The Morgan fingerprint density at radius 1 is 1.26 bits per heavy atom. The van der Waals surface area contributed by atoms with Crippen molar-refractivity contribution < 1.29 is 0 Å². The van der Waals surface area contributed by atoms with Gasteiger partial charge in [-0.3, -0.25) is 0 Å². The first-order valence-electron chi connectivity index (χ1n) is 6.11. The lowest BCUT2D eigenvalue weighted by molar-refractivity contribution is 0.720. The van der Waals surface area contributed by atoms with Gasteiger partial charge in [-0.05, 0) is 23.6 Å². The molecule has 0 radical (unpaired) electrons. The summed E-state index contributed by atoms with van der Waals surface area (Å²) in [5.74, 6) is 0.798. The summed E-state index contributed by atoms with van der Waals surface area (Å²) in [6, 6.07) is 7.98. The average Bonchev–Trinajstić information content (AvgIpc) is 2.47. The monoisotopic (exact) mass is 251 g/mol. The lowest BCUT2D eigenvalue weighted by atomic mass is 9.98. The summed E-state index contributed by atoms with van der Waals surface area (Å²) in [6.45, 7) is 1.64. The number of nitrogens with two attached hydrogens (primary N) is 1. The lowest BCUT2D eigenvalue weighted by Gasteiger charge is -2.30. The van der Waals surface area contributed by atoms with E-state index in [1.165, 1.54) is 17.3 Å². The summed E-state index contributed by atoms with van der Waals surface area (Å²) < 4.78 is 0. The molecule has 1 aromatic heterocycles. The predicted molar refractivity (Wildman–Crippen MR) is 72.4 cm³/mol. The Labute approximate surface area is 111 Å². The van der Waals surface area contributed by atoms with Gasteiger partial charge in [0.1, 0.15) is 11.9 Å². The Morgan fingerprint density at radius 2 is 2.16 bits per heavy atom. The fourth-order valence-corrected chi connectivity index (χ4v) is 2.38. The van der Waals surface area contributed by atoms with E-state index in [1.54, 1.807) is 6.20 Å². The molecule has 0 saturated heterocycles. The molecule has 5 nitrogen and oxygen atoms in total. The standard InChI is InChI=1S/C14H13N5/c15-6-11-7-18-14(8-17-11)19-5-4-12-10(9-19)2-1-3-13(12)16/h1-3,7-8H,4-5,9,16H2. The zero-order chi connectivity index (χ0) is 13.2. The maximum absolute atomic E-state index is 8.72. The topological polar surface area (TPSA) is 78.8 Å². The molecule has 2 heterocycles. The first-order chi connectivity index (χ1) is 9.28. The molecule has 0 fully saturated rings. The molecule has 0 bridgehead atoms. The van der Waals surface area contributed by atoms with Crippen LogP contribution in [0.4, 0.5) is 11.5 Å². The highest BCUT2D eigenvalue weighted by atomic mass is 15.2. The first kappa shape index (κ1) is 11.5. The zero-order valence-corrected chi connectivity index (χ0v) is 10.4. The summed E-state index contributed by atoms with van der Waals surface area (Å²) in [6.07, 6.45) is 4.06. The van der Waals surface area contributed by atoms with E-state index in [4.69, 9.17) is 11.0 Å². The van der Waals surface area contributed by atoms with E-state index in [2.05, 4.69) is 20.9 Å². The van der Waals surface area contributed by atoms with Gasteiger partial charge in [-0.15, -0.1) is 0 Å². The second-order valence-corrected chi connectivity index (χ2v) is 4.53. The Bertz CT molecular complexity index is 642. The van der Waals surface area contributed by atoms with E-state index in [9.17, 15) is 0 Å². The van der Waals surface area contributed by atoms with Crippen LogP contribution >= 0.6 is 0 Å². The summed E-state index contributed by atoms with van der Waals surface area (Å²) in [7, 11) is 0. The van der Waals surface area contributed by atoms with E-state index < -0.39 is 0 Å². The molecule has 0 aliphatic carbocycles. The summed E-state index contributed by atoms with van der Waals surface area (Å²) in [5, 5.41) is 8.72. The highest BCUT2D eigenvalue weighted by Crippen LogP contribution is 2.26. The first-order valence-corrected chi connectivity index (χ1v) is 6.11. The van der Waals surface area contributed by atoms with E-state index in [1.807, 2.05) is 18.2 Å². The fraction of sp³-hybridized carbons (Fsp3) is 0.214. The van der Waals surface area contributed by atoms with Crippen molar-refractivity contribution in [1.29, 1.82) is 5.26 Å². The van der Waals surface area contributed by atoms with Gasteiger partial charge in [0.25, 0.3) is 0 Å². The van der Waals surface area contributed by atoms with Gasteiger partial charge in [-0.1, -0.05) is 12.1 Å². The third-order valence-electron chi connectivity index (χ3n) is 3.38. The number of hydrogen-bond acceptors (Lipinski definition) is 5. The Kier molecular flexibility index (Phi) is 2.76. The molecule has 1 aliphatic rings. The molecule has 0 saturated carbocycles. The van der Waals surface area contributed by atoms with E-state index in [0.29, 0.717) is 5.69 Å². The molecule has 94 valence electrons. The van der Waals surface area contributed by atoms with Crippen LogP contribution < -0.4 is 10.6 Å². The van der Waals surface area contributed by atoms with Gasteiger partial charge in [0.2, 0.25) is 0 Å². The van der Waals surface area contributed by atoms with Crippen LogP contribution in [0.2, 0.25) is 0 Å². The molecule has 3 rings (SSSR count). The number of aromatic nitrogens is 2. The highest BCUT2D eigenvalue weighted by molar-refractivity contribution is 5.54. The highest BCUT2D eigenvalue weighted by Gasteiger charge is 2.19. The van der Waals surface area contributed by atoms with E-state index >= 15 is 0 Å². The average molecular weight is 251 g/mol. The van der Waals surface area contributed by atoms with Gasteiger partial charge in [0.05, 0.1) is 12.4 Å². The predicted octanol–water partition coefficient (Wildman–Crippen LogP) is 1.49. The lowest BCUT2D eigenvalue weighted by Crippen LogP contribution is -2.31. The van der Waals surface area contributed by atoms with Crippen molar-refractivity contribution in [3.8, 4) is 6.07 Å². The van der Waals surface area contributed by atoms with Crippen molar-refractivity contribution in [2.75, 3.05) is 17.2 Å². The summed E-state index contributed by atoms with van der Waals surface area (Å²) in [4.78, 5) is 10.5. The van der Waals surface area contributed by atoms with E-state index in [-0.39, 0.29) is 0 Å². The quantitative estimate of drug-likeness (QED) is 0.777. The van der Waals surface area contributed by atoms with Crippen LogP contribution in [-0.2, 0) is 13.0 Å². The van der Waals surface area contributed by atoms with Crippen LogP contribution in [0.1, 0.15) is 16.8 Å². The number of rotatable bonds is 1. The van der Waals surface area contributed by atoms with Gasteiger partial charge in [0.15, 0.2) is 5.69 Å². The van der Waals surface area contributed by atoms with Crippen molar-refractivity contribution in [2.45, 2.75) is 13.0 Å². The molecular formula is C14H13N5. The molecule has 0 atom stereocenters. The maximum Gasteiger partial charge on any atom is 0.158 e. The van der Waals surface area contributed by atoms with E-state index in [0.717, 1.165) is 31.0 Å². The Morgan fingerprint density at radius 3 is 2.89 bits per heavy atom. The molecule has 5 heteroatoms. The van der Waals surface area contributed by atoms with Crippen LogP contribution in [0, 0.1) is 11.3 Å². The molecule has 2 aromatic rings. The molecule has 0 amide bonds. The van der Waals surface area contributed by atoms with Crippen molar-refractivity contribution in [2.24, 2.45) is 0 Å². The number of nitrogen functional groups attached to an aromatic ring is 1. The van der Waals surface area contributed by atoms with Gasteiger partial charge >= 0.3 is 0 Å². The number of fused-ring (bicyclic) bond motifs is 1. The van der Waals surface area contributed by atoms with Gasteiger partial charge in [-0.2, -0.15) is 5.26 Å². The smallest absolute Gasteiger partial charge is 0.158 e. The number of nitriles is 1. The summed E-state index contributed by atoms with van der Waals surface area (Å²) >= 11 is 0. The van der Waals surface area contributed by atoms with Gasteiger partial charge < -0.3 is 10.6 Å². The van der Waals surface area contributed by atoms with Crippen molar-refractivity contribution in [1.82, 2.24) is 9.97 Å². The molecule has 0 unspecified atom stereocenters. The van der Waals surface area contributed by atoms with Crippen LogP contribution in [0.25, 0.3) is 0 Å². The van der Waals surface area contributed by atoms with Crippen LogP contribution in [-0.4, -0.2) is 16.5 Å². The second kappa shape index (κ2) is 4.58. The molecule has 2 N–H and O–H groups in total. The zero-order valence-electron chi connectivity index (χ0n) is 10.4. The van der Waals surface area contributed by atoms with Crippen LogP contribution in [0.15, 0.2) is 30.6 Å². The minimum atomic E-state index is 0.338. The maximum atomic E-state index is 8.72. The molecule has 1 aromatic carbocycles. The normalized spacial score (nSPS) is 13.7. The molecule has 0 spiro atoms. The number of benzene rings is 1. The number of nitrogens with zero attached hydrogens (tertiary/aromatic N) is 4. The van der Waals surface area contributed by atoms with Crippen molar-refractivity contribution >= 4 is 11.5 Å². The fourth-order valence-electron chi connectivity index (χ4n) is 2.38. The molecule has 19 heavy (non-hydrogen) atoms. The van der Waals surface area contributed by atoms with Crippen LogP contribution in [0.5, 0.6) is 0 Å². The molecule has 1 aliphatic heterocycles. The van der Waals surface area contributed by atoms with Crippen molar-refractivity contribution in [3.05, 3.63) is 47.4 Å². The third kappa shape index (κ3) is 2.08. The van der Waals surface area contributed by atoms with Gasteiger partial charge in [0, 0.05) is 18.8 Å². The number of hydrogen-bond donors (Lipinski definition) is 1. The van der Waals surface area contributed by atoms with Crippen LogP contribution in [0.3, 0.4) is 0 Å². The molecular weight excluding hydrogens is 238 g/mol. The van der Waals surface area contributed by atoms with Crippen molar-refractivity contribution in [3.63, 3.8) is 0 Å². The third-order valence-corrected chi connectivity index (χ3v) is 3.38. The second-order valence-electron chi connectivity index (χ2n) is 4.53. The minimum Gasteiger partial charge on any atom is -0.398 e. The largest absolute Gasteiger partial charge is 0.398 e. The summed E-state index contributed by atoms with van der Waals surface area (Å²) in [5.41, 5.74) is 9.65. The Hall–Kier alpha value is -2.61. The SMILES string of the molecule is N#Cc1cnc(N2CCc3c(N)cccc3C2)cn1.